The van der Waals surface area contributed by atoms with Crippen LogP contribution in [0.3, 0.4) is 0 Å². The molecule has 0 aliphatic carbocycles. The maximum atomic E-state index is 12.6. The number of hydrogen-bond acceptors (Lipinski definition) is 7. The molecule has 3 rings (SSSR count). The summed E-state index contributed by atoms with van der Waals surface area (Å²) in [6.45, 7) is 10.7. The van der Waals surface area contributed by atoms with E-state index in [4.69, 9.17) is 18.6 Å². The second-order valence-electron chi connectivity index (χ2n) is 8.66. The number of carbonyl (C=O) groups is 2. The molecule has 1 aliphatic heterocycles. The summed E-state index contributed by atoms with van der Waals surface area (Å²) in [6.07, 6.45) is 0.130. The molecular weight excluding hydrogens is 400 g/mol. The Labute approximate surface area is 181 Å². The molecule has 1 aliphatic rings. The van der Waals surface area contributed by atoms with Crippen molar-refractivity contribution in [1.29, 1.82) is 0 Å². The Hall–Kier alpha value is -3.09. The Bertz CT molecular complexity index is 1090. The molecule has 0 N–H and O–H groups in total. The first-order valence-electron chi connectivity index (χ1n) is 10.3. The van der Waals surface area contributed by atoms with Crippen molar-refractivity contribution < 1.29 is 28.2 Å². The lowest BCUT2D eigenvalue weighted by Crippen LogP contribution is -2.46. The fourth-order valence-electron chi connectivity index (χ4n) is 3.54. The van der Waals surface area contributed by atoms with Crippen LogP contribution in [0.15, 0.2) is 45.1 Å². The van der Waals surface area contributed by atoms with Gasteiger partial charge in [0.15, 0.2) is 12.2 Å². The van der Waals surface area contributed by atoms with Crippen LogP contribution < -0.4 is 10.4 Å². The molecule has 0 saturated carbocycles. The Morgan fingerprint density at radius 1 is 1.19 bits per heavy atom. The maximum absolute atomic E-state index is 12.6. The lowest BCUT2D eigenvalue weighted by Gasteiger charge is -2.34. The topological polar surface area (TPSA) is 92.0 Å². The van der Waals surface area contributed by atoms with Gasteiger partial charge in [-0.15, -0.1) is 0 Å². The normalized spacial score (nSPS) is 18.6. The third kappa shape index (κ3) is 4.65. The van der Waals surface area contributed by atoms with Gasteiger partial charge in [-0.05, 0) is 51.8 Å². The van der Waals surface area contributed by atoms with Gasteiger partial charge < -0.3 is 18.6 Å². The SMILES string of the molecule is CC=C(C)C(=O)O[C@@H]1c2c(ccc3ccc(=O)oc23)O[C@H]1C(C)(C)OC(=O)CC(C)C. The predicted molar refractivity (Wildman–Crippen MR) is 115 cm³/mol. The van der Waals surface area contributed by atoms with E-state index in [1.54, 1.807) is 52.0 Å². The summed E-state index contributed by atoms with van der Waals surface area (Å²) < 4.78 is 23.1. The first-order chi connectivity index (χ1) is 14.5. The zero-order valence-corrected chi connectivity index (χ0v) is 18.7. The van der Waals surface area contributed by atoms with Gasteiger partial charge in [-0.3, -0.25) is 4.79 Å². The number of benzene rings is 1. The van der Waals surface area contributed by atoms with Crippen LogP contribution >= 0.6 is 0 Å². The van der Waals surface area contributed by atoms with E-state index in [1.165, 1.54) is 6.07 Å². The van der Waals surface area contributed by atoms with Gasteiger partial charge in [-0.25, -0.2) is 9.59 Å². The Morgan fingerprint density at radius 3 is 2.52 bits per heavy atom. The number of hydrogen-bond donors (Lipinski definition) is 0. The molecule has 0 spiro atoms. The lowest BCUT2D eigenvalue weighted by atomic mass is 9.93. The molecule has 1 aromatic heterocycles. The Balaban J connectivity index is 2.07. The summed E-state index contributed by atoms with van der Waals surface area (Å²) >= 11 is 0. The molecule has 31 heavy (non-hydrogen) atoms. The van der Waals surface area contributed by atoms with Crippen molar-refractivity contribution in [2.75, 3.05) is 0 Å². The van der Waals surface area contributed by atoms with Gasteiger partial charge in [0, 0.05) is 23.4 Å². The van der Waals surface area contributed by atoms with Crippen LogP contribution in [-0.2, 0) is 19.1 Å². The van der Waals surface area contributed by atoms with Crippen LogP contribution in [-0.4, -0.2) is 23.6 Å². The molecule has 0 fully saturated rings. The zero-order valence-electron chi connectivity index (χ0n) is 18.7. The molecule has 0 amide bonds. The lowest BCUT2D eigenvalue weighted by molar-refractivity contribution is -0.176. The summed E-state index contributed by atoms with van der Waals surface area (Å²) in [5, 5.41) is 0.668. The monoisotopic (exact) mass is 428 g/mol. The molecule has 2 aromatic rings. The molecule has 166 valence electrons. The Kier molecular flexibility index (Phi) is 6.25. The van der Waals surface area contributed by atoms with E-state index in [9.17, 15) is 14.4 Å². The highest BCUT2D eigenvalue weighted by molar-refractivity contribution is 5.89. The number of fused-ring (bicyclic) bond motifs is 3. The fourth-order valence-corrected chi connectivity index (χ4v) is 3.54. The minimum absolute atomic E-state index is 0.133. The molecule has 0 saturated heterocycles. The van der Waals surface area contributed by atoms with Crippen molar-refractivity contribution in [3.05, 3.63) is 51.9 Å². The van der Waals surface area contributed by atoms with Gasteiger partial charge in [0.25, 0.3) is 0 Å². The average molecular weight is 428 g/mol. The van der Waals surface area contributed by atoms with Crippen LogP contribution in [0.25, 0.3) is 11.0 Å². The molecule has 2 heterocycles. The van der Waals surface area contributed by atoms with Crippen molar-refractivity contribution in [3.63, 3.8) is 0 Å². The van der Waals surface area contributed by atoms with Crippen molar-refractivity contribution in [2.24, 2.45) is 5.92 Å². The third-order valence-electron chi connectivity index (χ3n) is 5.23. The molecular formula is C24H28O7. The molecule has 7 nitrogen and oxygen atoms in total. The van der Waals surface area contributed by atoms with E-state index >= 15 is 0 Å². The van der Waals surface area contributed by atoms with Gasteiger partial charge in [0.05, 0.1) is 5.56 Å². The van der Waals surface area contributed by atoms with Crippen molar-refractivity contribution in [3.8, 4) is 5.75 Å². The number of allylic oxidation sites excluding steroid dienone is 1. The highest BCUT2D eigenvalue weighted by Gasteiger charge is 2.50. The highest BCUT2D eigenvalue weighted by atomic mass is 16.6. The van der Waals surface area contributed by atoms with E-state index < -0.39 is 29.4 Å². The smallest absolute Gasteiger partial charge is 0.336 e. The largest absolute Gasteiger partial charge is 0.481 e. The second-order valence-corrected chi connectivity index (χ2v) is 8.66. The molecule has 0 radical (unpaired) electrons. The Morgan fingerprint density at radius 2 is 1.87 bits per heavy atom. The van der Waals surface area contributed by atoms with Gasteiger partial charge in [0.1, 0.15) is 16.9 Å². The van der Waals surface area contributed by atoms with E-state index in [2.05, 4.69) is 0 Å². The molecule has 0 bridgehead atoms. The van der Waals surface area contributed by atoms with Gasteiger partial charge in [0.2, 0.25) is 0 Å². The quantitative estimate of drug-likeness (QED) is 0.381. The van der Waals surface area contributed by atoms with Gasteiger partial charge in [-0.2, -0.15) is 0 Å². The average Bonchev–Trinajstić information content (AvgIpc) is 3.05. The van der Waals surface area contributed by atoms with Crippen LogP contribution in [0.1, 0.15) is 59.6 Å². The van der Waals surface area contributed by atoms with E-state index in [0.29, 0.717) is 22.3 Å². The molecule has 1 aromatic carbocycles. The number of rotatable bonds is 6. The molecule has 0 unspecified atom stereocenters. The van der Waals surface area contributed by atoms with E-state index in [1.807, 2.05) is 13.8 Å². The number of carbonyl (C=O) groups excluding carboxylic acids is 2. The summed E-state index contributed by atoms with van der Waals surface area (Å²) in [7, 11) is 0. The van der Waals surface area contributed by atoms with E-state index in [-0.39, 0.29) is 23.9 Å². The van der Waals surface area contributed by atoms with Crippen molar-refractivity contribution in [1.82, 2.24) is 0 Å². The fraction of sp³-hybridized carbons (Fsp3) is 0.458. The van der Waals surface area contributed by atoms with Crippen LogP contribution in [0.5, 0.6) is 5.75 Å². The first-order valence-corrected chi connectivity index (χ1v) is 10.3. The maximum Gasteiger partial charge on any atom is 0.336 e. The predicted octanol–water partition coefficient (Wildman–Crippen LogP) is 4.47. The van der Waals surface area contributed by atoms with Gasteiger partial charge >= 0.3 is 17.6 Å². The second kappa shape index (κ2) is 8.57. The summed E-state index contributed by atoms with van der Waals surface area (Å²) in [6, 6.07) is 6.45. The summed E-state index contributed by atoms with van der Waals surface area (Å²) in [4.78, 5) is 36.9. The number of esters is 2. The third-order valence-corrected chi connectivity index (χ3v) is 5.23. The first kappa shape index (κ1) is 22.6. The van der Waals surface area contributed by atoms with Crippen LogP contribution in [0.2, 0.25) is 0 Å². The summed E-state index contributed by atoms with van der Waals surface area (Å²) in [5.74, 6) is -0.357. The van der Waals surface area contributed by atoms with Crippen LogP contribution in [0.4, 0.5) is 0 Å². The molecule has 2 atom stereocenters. The van der Waals surface area contributed by atoms with Gasteiger partial charge in [-0.1, -0.05) is 19.9 Å². The highest BCUT2D eigenvalue weighted by Crippen LogP contribution is 2.47. The molecule has 7 heteroatoms. The summed E-state index contributed by atoms with van der Waals surface area (Å²) in [5.41, 5.74) is -0.496. The van der Waals surface area contributed by atoms with Crippen molar-refractivity contribution in [2.45, 2.75) is 65.8 Å². The van der Waals surface area contributed by atoms with E-state index in [0.717, 1.165) is 0 Å². The van der Waals surface area contributed by atoms with Crippen LogP contribution in [0, 0.1) is 5.92 Å². The minimum atomic E-state index is -1.12. The standard InChI is InChI=1S/C24H28O7/c1-7-14(4)23(27)30-21-19-16(10-8-15-9-11-17(25)29-20(15)19)28-22(21)24(5,6)31-18(26)12-13(2)3/h7-11,13,21-22H,12H2,1-6H3/t21-,22-/m1/s1. The number of ether oxygens (including phenoxy) is 3. The minimum Gasteiger partial charge on any atom is -0.481 e. The van der Waals surface area contributed by atoms with Crippen molar-refractivity contribution >= 4 is 22.9 Å². The zero-order chi connectivity index (χ0) is 22.9.